The molecule has 0 aliphatic carbocycles. The number of rotatable bonds is 3. The molecular formula is C7H12N2O3. The number of aromatic nitrogens is 2. The van der Waals surface area contributed by atoms with E-state index in [4.69, 9.17) is 9.84 Å². The number of imidazole rings is 1. The normalized spacial score (nSPS) is 10.2. The Labute approximate surface area is 69.6 Å². The van der Waals surface area contributed by atoms with Crippen LogP contribution < -0.4 is 10.4 Å². The molecule has 0 aliphatic rings. The SMILES string of the molecule is CCCOc1c(O)[nH]c(=O)n1C. The molecule has 1 rings (SSSR count). The fourth-order valence-electron chi connectivity index (χ4n) is 0.854. The molecule has 5 heteroatoms. The highest BCUT2D eigenvalue weighted by atomic mass is 16.5. The Bertz CT molecular complexity index is 313. The highest BCUT2D eigenvalue weighted by Crippen LogP contribution is 2.19. The van der Waals surface area contributed by atoms with E-state index in [1.807, 2.05) is 6.92 Å². The smallest absolute Gasteiger partial charge is 0.331 e. The van der Waals surface area contributed by atoms with Gasteiger partial charge in [0, 0.05) is 7.05 Å². The number of nitrogens with zero attached hydrogens (tertiary/aromatic N) is 1. The lowest BCUT2D eigenvalue weighted by molar-refractivity contribution is 0.277. The van der Waals surface area contributed by atoms with E-state index in [0.717, 1.165) is 6.42 Å². The van der Waals surface area contributed by atoms with Crippen molar-refractivity contribution in [2.45, 2.75) is 13.3 Å². The monoisotopic (exact) mass is 172 g/mol. The van der Waals surface area contributed by atoms with Crippen LogP contribution in [0.15, 0.2) is 4.79 Å². The molecule has 1 aromatic heterocycles. The first-order chi connectivity index (χ1) is 5.66. The van der Waals surface area contributed by atoms with Gasteiger partial charge in [0.25, 0.3) is 11.8 Å². The first kappa shape index (κ1) is 8.70. The van der Waals surface area contributed by atoms with Crippen LogP contribution in [0.2, 0.25) is 0 Å². The molecule has 0 radical (unpaired) electrons. The Kier molecular flexibility index (Phi) is 2.42. The second kappa shape index (κ2) is 3.34. The molecule has 2 N–H and O–H groups in total. The van der Waals surface area contributed by atoms with Gasteiger partial charge in [-0.1, -0.05) is 6.92 Å². The van der Waals surface area contributed by atoms with Crippen molar-refractivity contribution >= 4 is 0 Å². The summed E-state index contributed by atoms with van der Waals surface area (Å²) in [7, 11) is 1.53. The molecule has 5 nitrogen and oxygen atoms in total. The Morgan fingerprint density at radius 3 is 2.75 bits per heavy atom. The summed E-state index contributed by atoms with van der Waals surface area (Å²) in [5.41, 5.74) is -0.376. The van der Waals surface area contributed by atoms with E-state index >= 15 is 0 Å². The first-order valence-electron chi connectivity index (χ1n) is 3.77. The summed E-state index contributed by atoms with van der Waals surface area (Å²) in [5, 5.41) is 9.14. The van der Waals surface area contributed by atoms with Crippen molar-refractivity contribution < 1.29 is 9.84 Å². The fraction of sp³-hybridized carbons (Fsp3) is 0.571. The van der Waals surface area contributed by atoms with E-state index in [9.17, 15) is 4.79 Å². The molecule has 0 amide bonds. The summed E-state index contributed by atoms with van der Waals surface area (Å²) < 4.78 is 6.35. The minimum atomic E-state index is -0.376. The standard InChI is InChI=1S/C7H12N2O3/c1-3-4-12-6-5(10)8-7(11)9(6)2/h10H,3-4H2,1-2H3,(H,8,11). The van der Waals surface area contributed by atoms with E-state index < -0.39 is 0 Å². The lowest BCUT2D eigenvalue weighted by Crippen LogP contribution is -2.13. The first-order valence-corrected chi connectivity index (χ1v) is 3.77. The van der Waals surface area contributed by atoms with E-state index in [-0.39, 0.29) is 17.4 Å². The van der Waals surface area contributed by atoms with Crippen LogP contribution in [0.1, 0.15) is 13.3 Å². The summed E-state index contributed by atoms with van der Waals surface area (Å²) >= 11 is 0. The van der Waals surface area contributed by atoms with Gasteiger partial charge in [0.1, 0.15) is 0 Å². The quantitative estimate of drug-likeness (QED) is 0.684. The number of aromatic amines is 1. The molecule has 0 aliphatic heterocycles. The minimum absolute atomic E-state index is 0.196. The van der Waals surface area contributed by atoms with E-state index in [1.165, 1.54) is 11.6 Å². The Hall–Kier alpha value is -1.39. The molecule has 0 fully saturated rings. The van der Waals surface area contributed by atoms with Crippen LogP contribution in [0.5, 0.6) is 11.8 Å². The van der Waals surface area contributed by atoms with Crippen molar-refractivity contribution in [3.8, 4) is 11.8 Å². The summed E-state index contributed by atoms with van der Waals surface area (Å²) in [4.78, 5) is 13.1. The molecule has 0 spiro atoms. The second-order valence-corrected chi connectivity index (χ2v) is 2.49. The molecular weight excluding hydrogens is 160 g/mol. The number of aromatic hydroxyl groups is 1. The Morgan fingerprint density at radius 2 is 2.33 bits per heavy atom. The number of nitrogens with one attached hydrogen (secondary N) is 1. The molecule has 1 heterocycles. The highest BCUT2D eigenvalue weighted by Gasteiger charge is 2.10. The van der Waals surface area contributed by atoms with Crippen molar-refractivity contribution in [2.24, 2.45) is 7.05 Å². The van der Waals surface area contributed by atoms with Crippen LogP contribution >= 0.6 is 0 Å². The number of hydrogen-bond acceptors (Lipinski definition) is 3. The largest absolute Gasteiger partial charge is 0.491 e. The van der Waals surface area contributed by atoms with Gasteiger partial charge in [0.2, 0.25) is 0 Å². The van der Waals surface area contributed by atoms with Crippen LogP contribution in [-0.2, 0) is 7.05 Å². The minimum Gasteiger partial charge on any atom is -0.491 e. The van der Waals surface area contributed by atoms with Crippen molar-refractivity contribution in [3.63, 3.8) is 0 Å². The molecule has 0 atom stereocenters. The zero-order valence-electron chi connectivity index (χ0n) is 7.13. The van der Waals surface area contributed by atoms with Crippen LogP contribution in [-0.4, -0.2) is 21.3 Å². The molecule has 0 saturated heterocycles. The Balaban J connectivity index is 2.90. The molecule has 1 aromatic rings. The van der Waals surface area contributed by atoms with Gasteiger partial charge in [-0.2, -0.15) is 0 Å². The average molecular weight is 172 g/mol. The number of ether oxygens (including phenoxy) is 1. The summed E-state index contributed by atoms with van der Waals surface area (Å²) in [5.74, 6) is -0.0159. The van der Waals surface area contributed by atoms with Gasteiger partial charge in [-0.05, 0) is 6.42 Å². The summed E-state index contributed by atoms with van der Waals surface area (Å²) in [6, 6.07) is 0. The van der Waals surface area contributed by atoms with Crippen molar-refractivity contribution in [2.75, 3.05) is 6.61 Å². The summed E-state index contributed by atoms with van der Waals surface area (Å²) in [6.07, 6.45) is 0.832. The van der Waals surface area contributed by atoms with Gasteiger partial charge in [0.15, 0.2) is 0 Å². The molecule has 68 valence electrons. The van der Waals surface area contributed by atoms with Crippen molar-refractivity contribution in [3.05, 3.63) is 10.5 Å². The zero-order valence-corrected chi connectivity index (χ0v) is 7.13. The molecule has 0 aromatic carbocycles. The zero-order chi connectivity index (χ0) is 9.14. The Morgan fingerprint density at radius 1 is 1.67 bits per heavy atom. The average Bonchev–Trinajstić information content (AvgIpc) is 2.25. The third-order valence-electron chi connectivity index (χ3n) is 1.48. The fourth-order valence-corrected chi connectivity index (χ4v) is 0.854. The van der Waals surface area contributed by atoms with Crippen LogP contribution in [0, 0.1) is 0 Å². The van der Waals surface area contributed by atoms with Crippen LogP contribution in [0.4, 0.5) is 0 Å². The van der Waals surface area contributed by atoms with Gasteiger partial charge in [-0.25, -0.2) is 4.79 Å². The molecule has 0 unspecified atom stereocenters. The third-order valence-corrected chi connectivity index (χ3v) is 1.48. The topological polar surface area (TPSA) is 67.2 Å². The van der Waals surface area contributed by atoms with E-state index in [2.05, 4.69) is 4.98 Å². The summed E-state index contributed by atoms with van der Waals surface area (Å²) in [6.45, 7) is 2.43. The van der Waals surface area contributed by atoms with E-state index in [0.29, 0.717) is 6.61 Å². The number of H-pyrrole nitrogens is 1. The lowest BCUT2D eigenvalue weighted by atomic mass is 10.5. The maximum atomic E-state index is 10.9. The van der Waals surface area contributed by atoms with Gasteiger partial charge in [-0.15, -0.1) is 0 Å². The predicted octanol–water partition coefficient (Wildman–Crippen LogP) is 0.208. The highest BCUT2D eigenvalue weighted by molar-refractivity contribution is 5.24. The van der Waals surface area contributed by atoms with Crippen LogP contribution in [0.3, 0.4) is 0 Å². The van der Waals surface area contributed by atoms with Gasteiger partial charge >= 0.3 is 5.69 Å². The van der Waals surface area contributed by atoms with Crippen molar-refractivity contribution in [1.29, 1.82) is 0 Å². The second-order valence-electron chi connectivity index (χ2n) is 2.49. The van der Waals surface area contributed by atoms with E-state index in [1.54, 1.807) is 0 Å². The van der Waals surface area contributed by atoms with Gasteiger partial charge in [-0.3, -0.25) is 9.55 Å². The van der Waals surface area contributed by atoms with Gasteiger partial charge < -0.3 is 9.84 Å². The van der Waals surface area contributed by atoms with Crippen LogP contribution in [0.25, 0.3) is 0 Å². The lowest BCUT2D eigenvalue weighted by Gasteiger charge is -2.03. The molecule has 0 bridgehead atoms. The van der Waals surface area contributed by atoms with Crippen molar-refractivity contribution in [1.82, 2.24) is 9.55 Å². The predicted molar refractivity (Wildman–Crippen MR) is 43.5 cm³/mol. The van der Waals surface area contributed by atoms with Gasteiger partial charge in [0.05, 0.1) is 6.61 Å². The molecule has 0 saturated carbocycles. The number of hydrogen-bond donors (Lipinski definition) is 2. The molecule has 12 heavy (non-hydrogen) atoms. The third kappa shape index (κ3) is 1.44. The maximum absolute atomic E-state index is 10.9. The maximum Gasteiger partial charge on any atom is 0.331 e.